The van der Waals surface area contributed by atoms with Crippen LogP contribution in [-0.2, 0) is 11.3 Å². The lowest BCUT2D eigenvalue weighted by atomic mass is 10.1. The Hall–Kier alpha value is -1.42. The highest BCUT2D eigenvalue weighted by molar-refractivity contribution is 5.67. The van der Waals surface area contributed by atoms with Crippen molar-refractivity contribution >= 4 is 5.97 Å². The number of carboxylic acid groups (broad SMARTS) is 1. The fourth-order valence-electron chi connectivity index (χ4n) is 1.44. The van der Waals surface area contributed by atoms with Gasteiger partial charge in [-0.1, -0.05) is 19.1 Å². The molecular formula is C12H16FNO2. The molecule has 0 spiro atoms. The van der Waals surface area contributed by atoms with E-state index in [4.69, 9.17) is 5.11 Å². The van der Waals surface area contributed by atoms with Gasteiger partial charge < -0.3 is 10.4 Å². The largest absolute Gasteiger partial charge is 0.481 e. The number of hydrogen-bond donors (Lipinski definition) is 2. The second kappa shape index (κ2) is 6.23. The van der Waals surface area contributed by atoms with Crippen molar-refractivity contribution in [3.63, 3.8) is 0 Å². The molecule has 1 atom stereocenters. The Morgan fingerprint density at radius 1 is 1.44 bits per heavy atom. The topological polar surface area (TPSA) is 49.3 Å². The second-order valence-electron chi connectivity index (χ2n) is 3.71. The molecule has 0 heterocycles. The molecule has 0 fully saturated rings. The molecule has 0 aliphatic rings. The van der Waals surface area contributed by atoms with Crippen molar-refractivity contribution < 1.29 is 14.3 Å². The maximum absolute atomic E-state index is 12.6. The van der Waals surface area contributed by atoms with Crippen LogP contribution >= 0.6 is 0 Å². The van der Waals surface area contributed by atoms with Gasteiger partial charge in [0.1, 0.15) is 5.82 Å². The number of halogens is 1. The number of aliphatic carboxylic acids is 1. The molecule has 1 rings (SSSR count). The first-order chi connectivity index (χ1) is 7.61. The number of carbonyl (C=O) groups is 1. The highest BCUT2D eigenvalue weighted by Gasteiger charge is 2.09. The lowest BCUT2D eigenvalue weighted by Crippen LogP contribution is -2.30. The van der Waals surface area contributed by atoms with Crippen LogP contribution in [0.2, 0.25) is 0 Å². The molecule has 0 saturated carbocycles. The van der Waals surface area contributed by atoms with Gasteiger partial charge in [-0.25, -0.2) is 4.39 Å². The number of benzene rings is 1. The molecule has 4 heteroatoms. The van der Waals surface area contributed by atoms with E-state index < -0.39 is 5.97 Å². The fraction of sp³-hybridized carbons (Fsp3) is 0.417. The molecule has 2 N–H and O–H groups in total. The fourth-order valence-corrected chi connectivity index (χ4v) is 1.44. The maximum atomic E-state index is 12.6. The zero-order valence-electron chi connectivity index (χ0n) is 9.24. The zero-order valence-corrected chi connectivity index (χ0v) is 9.24. The molecule has 0 aliphatic carbocycles. The van der Waals surface area contributed by atoms with Crippen LogP contribution in [0.15, 0.2) is 24.3 Å². The summed E-state index contributed by atoms with van der Waals surface area (Å²) in [4.78, 5) is 10.5. The van der Waals surface area contributed by atoms with E-state index in [0.717, 1.165) is 12.0 Å². The predicted molar refractivity (Wildman–Crippen MR) is 59.6 cm³/mol. The van der Waals surface area contributed by atoms with Crippen molar-refractivity contribution in [2.24, 2.45) is 0 Å². The van der Waals surface area contributed by atoms with Gasteiger partial charge in [-0.15, -0.1) is 0 Å². The summed E-state index contributed by atoms with van der Waals surface area (Å²) < 4.78 is 12.6. The smallest absolute Gasteiger partial charge is 0.304 e. The van der Waals surface area contributed by atoms with Crippen LogP contribution in [0, 0.1) is 5.82 Å². The van der Waals surface area contributed by atoms with Crippen LogP contribution in [0.1, 0.15) is 25.3 Å². The molecule has 1 unspecified atom stereocenters. The van der Waals surface area contributed by atoms with E-state index in [1.54, 1.807) is 12.1 Å². The number of carboxylic acids is 1. The minimum absolute atomic E-state index is 0.0393. The molecule has 0 aromatic heterocycles. The highest BCUT2D eigenvalue weighted by atomic mass is 19.1. The SMILES string of the molecule is CCC(CC(=O)O)NCc1ccc(F)cc1. The van der Waals surface area contributed by atoms with E-state index in [-0.39, 0.29) is 18.3 Å². The minimum atomic E-state index is -0.807. The highest BCUT2D eigenvalue weighted by Crippen LogP contribution is 2.04. The Labute approximate surface area is 94.3 Å². The van der Waals surface area contributed by atoms with Crippen LogP contribution in [0.25, 0.3) is 0 Å². The first-order valence-corrected chi connectivity index (χ1v) is 5.31. The first-order valence-electron chi connectivity index (χ1n) is 5.31. The van der Waals surface area contributed by atoms with Crippen molar-refractivity contribution in [3.05, 3.63) is 35.6 Å². The van der Waals surface area contributed by atoms with E-state index in [0.29, 0.717) is 6.54 Å². The molecule has 3 nitrogen and oxygen atoms in total. The third kappa shape index (κ3) is 4.40. The van der Waals surface area contributed by atoms with E-state index in [1.807, 2.05) is 6.92 Å². The Bertz CT molecular complexity index is 337. The summed E-state index contributed by atoms with van der Waals surface area (Å²) in [5, 5.41) is 11.8. The second-order valence-corrected chi connectivity index (χ2v) is 3.71. The molecule has 0 aliphatic heterocycles. The van der Waals surface area contributed by atoms with Gasteiger partial charge in [-0.2, -0.15) is 0 Å². The monoisotopic (exact) mass is 225 g/mol. The summed E-state index contributed by atoms with van der Waals surface area (Å²) in [7, 11) is 0. The lowest BCUT2D eigenvalue weighted by Gasteiger charge is -2.14. The molecule has 0 bridgehead atoms. The van der Waals surface area contributed by atoms with Gasteiger partial charge in [-0.3, -0.25) is 4.79 Å². The summed E-state index contributed by atoms with van der Waals surface area (Å²) in [5.74, 6) is -1.07. The van der Waals surface area contributed by atoms with Gasteiger partial charge in [-0.05, 0) is 24.1 Å². The number of hydrogen-bond acceptors (Lipinski definition) is 2. The summed E-state index contributed by atoms with van der Waals surface area (Å²) in [5.41, 5.74) is 0.949. The van der Waals surface area contributed by atoms with Crippen LogP contribution < -0.4 is 5.32 Å². The van der Waals surface area contributed by atoms with Crippen molar-refractivity contribution in [2.45, 2.75) is 32.4 Å². The van der Waals surface area contributed by atoms with E-state index in [2.05, 4.69) is 5.32 Å². The molecular weight excluding hydrogens is 209 g/mol. The Morgan fingerprint density at radius 3 is 2.56 bits per heavy atom. The number of nitrogens with one attached hydrogen (secondary N) is 1. The minimum Gasteiger partial charge on any atom is -0.481 e. The number of rotatable bonds is 6. The van der Waals surface area contributed by atoms with E-state index in [1.165, 1.54) is 12.1 Å². The maximum Gasteiger partial charge on any atom is 0.304 e. The predicted octanol–water partition coefficient (Wildman–Crippen LogP) is 2.17. The average Bonchev–Trinajstić information content (AvgIpc) is 2.26. The summed E-state index contributed by atoms with van der Waals surface area (Å²) >= 11 is 0. The molecule has 0 radical (unpaired) electrons. The van der Waals surface area contributed by atoms with E-state index >= 15 is 0 Å². The Balaban J connectivity index is 2.43. The average molecular weight is 225 g/mol. The summed E-state index contributed by atoms with van der Waals surface area (Å²) in [6.45, 7) is 2.50. The van der Waals surface area contributed by atoms with Crippen LogP contribution in [0.5, 0.6) is 0 Å². The van der Waals surface area contributed by atoms with Crippen molar-refractivity contribution in [2.75, 3.05) is 0 Å². The zero-order chi connectivity index (χ0) is 12.0. The van der Waals surface area contributed by atoms with Gasteiger partial charge in [0, 0.05) is 12.6 Å². The molecule has 1 aromatic rings. The van der Waals surface area contributed by atoms with Crippen LogP contribution in [-0.4, -0.2) is 17.1 Å². The van der Waals surface area contributed by atoms with Crippen molar-refractivity contribution in [1.29, 1.82) is 0 Å². The summed E-state index contributed by atoms with van der Waals surface area (Å²) in [6, 6.07) is 6.14. The van der Waals surface area contributed by atoms with Gasteiger partial charge >= 0.3 is 5.97 Å². The van der Waals surface area contributed by atoms with Crippen molar-refractivity contribution in [1.82, 2.24) is 5.32 Å². The Kier molecular flexibility index (Phi) is 4.92. The molecule has 16 heavy (non-hydrogen) atoms. The van der Waals surface area contributed by atoms with E-state index in [9.17, 15) is 9.18 Å². The molecule has 88 valence electrons. The summed E-state index contributed by atoms with van der Waals surface area (Å²) in [6.07, 6.45) is 0.866. The van der Waals surface area contributed by atoms with Gasteiger partial charge in [0.05, 0.1) is 6.42 Å². The quantitative estimate of drug-likeness (QED) is 0.780. The third-order valence-corrected chi connectivity index (χ3v) is 2.42. The van der Waals surface area contributed by atoms with Crippen LogP contribution in [0.3, 0.4) is 0 Å². The van der Waals surface area contributed by atoms with Gasteiger partial charge in [0.15, 0.2) is 0 Å². The standard InChI is InChI=1S/C12H16FNO2/c1-2-11(7-12(15)16)14-8-9-3-5-10(13)6-4-9/h3-6,11,14H,2,7-8H2,1H3,(H,15,16). The lowest BCUT2D eigenvalue weighted by molar-refractivity contribution is -0.137. The molecule has 0 amide bonds. The molecule has 0 saturated heterocycles. The van der Waals surface area contributed by atoms with Crippen LogP contribution in [0.4, 0.5) is 4.39 Å². The van der Waals surface area contributed by atoms with Gasteiger partial charge in [0.25, 0.3) is 0 Å². The third-order valence-electron chi connectivity index (χ3n) is 2.42. The van der Waals surface area contributed by atoms with Crippen molar-refractivity contribution in [3.8, 4) is 0 Å². The molecule has 1 aromatic carbocycles. The first kappa shape index (κ1) is 12.6. The Morgan fingerprint density at radius 2 is 2.06 bits per heavy atom. The van der Waals surface area contributed by atoms with Gasteiger partial charge in [0.2, 0.25) is 0 Å². The normalized spacial score (nSPS) is 12.4.